The zero-order valence-electron chi connectivity index (χ0n) is 12.4. The van der Waals surface area contributed by atoms with Gasteiger partial charge in [0.15, 0.2) is 5.82 Å². The Balaban J connectivity index is 2.41. The van der Waals surface area contributed by atoms with E-state index in [0.29, 0.717) is 13.2 Å². The van der Waals surface area contributed by atoms with E-state index in [1.807, 2.05) is 25.1 Å². The van der Waals surface area contributed by atoms with E-state index >= 15 is 0 Å². The van der Waals surface area contributed by atoms with E-state index in [2.05, 4.69) is 56.9 Å². The van der Waals surface area contributed by atoms with Crippen molar-refractivity contribution in [3.8, 4) is 11.3 Å². The lowest BCUT2D eigenvalue weighted by molar-refractivity contribution is 0.128. The van der Waals surface area contributed by atoms with Gasteiger partial charge in [-0.05, 0) is 35.9 Å². The molecule has 1 aromatic heterocycles. The molecule has 2 aromatic rings. The van der Waals surface area contributed by atoms with Crippen LogP contribution in [0.5, 0.6) is 0 Å². The average molecular weight is 397 g/mol. The standard InChI is InChI=1S/C16H20IN3O/c1-3-10-18-16-14(17)15(12-8-6-5-7-9-12)19-13(20-16)11-21-4-2/h5-9H,3-4,10-11H2,1-2H3,(H,18,19,20). The number of nitrogens with one attached hydrogen (secondary N) is 1. The van der Waals surface area contributed by atoms with Crippen molar-refractivity contribution in [1.82, 2.24) is 9.97 Å². The van der Waals surface area contributed by atoms with Crippen molar-refractivity contribution < 1.29 is 4.74 Å². The van der Waals surface area contributed by atoms with E-state index in [1.165, 1.54) is 0 Å². The van der Waals surface area contributed by atoms with E-state index < -0.39 is 0 Å². The van der Waals surface area contributed by atoms with E-state index in [0.717, 1.165) is 39.4 Å². The number of aromatic nitrogens is 2. The van der Waals surface area contributed by atoms with Gasteiger partial charge in [-0.15, -0.1) is 0 Å². The van der Waals surface area contributed by atoms with Crippen LogP contribution in [-0.2, 0) is 11.3 Å². The molecule has 0 bridgehead atoms. The van der Waals surface area contributed by atoms with Gasteiger partial charge in [0.1, 0.15) is 12.4 Å². The highest BCUT2D eigenvalue weighted by Gasteiger charge is 2.13. The predicted molar refractivity (Wildman–Crippen MR) is 94.3 cm³/mol. The van der Waals surface area contributed by atoms with Gasteiger partial charge in [0, 0.05) is 18.7 Å². The minimum atomic E-state index is 0.439. The summed E-state index contributed by atoms with van der Waals surface area (Å²) in [6, 6.07) is 10.2. The Morgan fingerprint density at radius 3 is 2.57 bits per heavy atom. The summed E-state index contributed by atoms with van der Waals surface area (Å²) in [5.41, 5.74) is 2.06. The minimum Gasteiger partial charge on any atom is -0.374 e. The van der Waals surface area contributed by atoms with Crippen molar-refractivity contribution in [3.05, 3.63) is 39.7 Å². The molecule has 0 fully saturated rings. The van der Waals surface area contributed by atoms with Crippen LogP contribution in [0.4, 0.5) is 5.82 Å². The number of halogens is 1. The van der Waals surface area contributed by atoms with Crippen LogP contribution in [0.2, 0.25) is 0 Å². The number of anilines is 1. The molecule has 4 nitrogen and oxygen atoms in total. The molecule has 0 saturated heterocycles. The molecule has 2 rings (SSSR count). The van der Waals surface area contributed by atoms with Crippen molar-refractivity contribution in [2.24, 2.45) is 0 Å². The second-order valence-corrected chi connectivity index (χ2v) is 5.66. The highest BCUT2D eigenvalue weighted by Crippen LogP contribution is 2.28. The average Bonchev–Trinajstić information content (AvgIpc) is 2.53. The summed E-state index contributed by atoms with van der Waals surface area (Å²) in [5, 5.41) is 3.38. The van der Waals surface area contributed by atoms with E-state index in [-0.39, 0.29) is 0 Å². The molecule has 1 N–H and O–H groups in total. The maximum atomic E-state index is 5.45. The Morgan fingerprint density at radius 2 is 1.90 bits per heavy atom. The first kappa shape index (κ1) is 16.2. The Labute approximate surface area is 139 Å². The molecule has 0 aliphatic rings. The largest absolute Gasteiger partial charge is 0.374 e. The lowest BCUT2D eigenvalue weighted by Gasteiger charge is -2.13. The summed E-state index contributed by atoms with van der Waals surface area (Å²) in [5.74, 6) is 1.61. The van der Waals surface area contributed by atoms with Gasteiger partial charge in [-0.1, -0.05) is 37.3 Å². The topological polar surface area (TPSA) is 47.0 Å². The third-order valence-electron chi connectivity index (χ3n) is 2.92. The molecule has 0 aliphatic carbocycles. The molecule has 0 radical (unpaired) electrons. The van der Waals surface area contributed by atoms with Crippen LogP contribution in [0.25, 0.3) is 11.3 Å². The molecular formula is C16H20IN3O. The van der Waals surface area contributed by atoms with Crippen molar-refractivity contribution in [2.45, 2.75) is 26.9 Å². The molecule has 1 heterocycles. The SMILES string of the molecule is CCCNc1nc(COCC)nc(-c2ccccc2)c1I. The van der Waals surface area contributed by atoms with Crippen LogP contribution >= 0.6 is 22.6 Å². The molecule has 0 unspecified atom stereocenters. The van der Waals surface area contributed by atoms with Crippen molar-refractivity contribution in [2.75, 3.05) is 18.5 Å². The van der Waals surface area contributed by atoms with E-state index in [1.54, 1.807) is 0 Å². The minimum absolute atomic E-state index is 0.439. The van der Waals surface area contributed by atoms with Crippen molar-refractivity contribution in [1.29, 1.82) is 0 Å². The first-order chi connectivity index (χ1) is 10.3. The van der Waals surface area contributed by atoms with Crippen molar-refractivity contribution in [3.63, 3.8) is 0 Å². The lowest BCUT2D eigenvalue weighted by atomic mass is 10.1. The molecule has 5 heteroatoms. The van der Waals surface area contributed by atoms with Crippen LogP contribution in [-0.4, -0.2) is 23.1 Å². The lowest BCUT2D eigenvalue weighted by Crippen LogP contribution is -2.10. The summed E-state index contributed by atoms with van der Waals surface area (Å²) in [6.45, 7) is 6.11. The monoisotopic (exact) mass is 397 g/mol. The summed E-state index contributed by atoms with van der Waals surface area (Å²) in [4.78, 5) is 9.24. The molecular weight excluding hydrogens is 377 g/mol. The highest BCUT2D eigenvalue weighted by atomic mass is 127. The van der Waals surface area contributed by atoms with Gasteiger partial charge in [0.2, 0.25) is 0 Å². The zero-order chi connectivity index (χ0) is 15.1. The molecule has 0 amide bonds. The van der Waals surface area contributed by atoms with E-state index in [4.69, 9.17) is 4.74 Å². The van der Waals surface area contributed by atoms with Gasteiger partial charge in [-0.3, -0.25) is 0 Å². The molecule has 0 atom stereocenters. The summed E-state index contributed by atoms with van der Waals surface area (Å²) in [7, 11) is 0. The Kier molecular flexibility index (Phi) is 6.38. The van der Waals surface area contributed by atoms with Gasteiger partial charge in [0.25, 0.3) is 0 Å². The second-order valence-electron chi connectivity index (χ2n) is 4.58. The number of hydrogen-bond acceptors (Lipinski definition) is 4. The summed E-state index contributed by atoms with van der Waals surface area (Å²) >= 11 is 2.31. The Hall–Kier alpha value is -1.21. The van der Waals surface area contributed by atoms with Gasteiger partial charge in [-0.2, -0.15) is 0 Å². The van der Waals surface area contributed by atoms with Gasteiger partial charge in [-0.25, -0.2) is 9.97 Å². The third kappa shape index (κ3) is 4.38. The van der Waals surface area contributed by atoms with Crippen LogP contribution in [0.1, 0.15) is 26.1 Å². The number of nitrogens with zero attached hydrogens (tertiary/aromatic N) is 2. The fourth-order valence-corrected chi connectivity index (χ4v) is 2.64. The van der Waals surface area contributed by atoms with Crippen LogP contribution < -0.4 is 5.32 Å². The zero-order valence-corrected chi connectivity index (χ0v) is 14.6. The molecule has 0 aliphatic heterocycles. The highest BCUT2D eigenvalue weighted by molar-refractivity contribution is 14.1. The molecule has 21 heavy (non-hydrogen) atoms. The van der Waals surface area contributed by atoms with Gasteiger partial charge >= 0.3 is 0 Å². The predicted octanol–water partition coefficient (Wildman–Crippen LogP) is 4.11. The second kappa shape index (κ2) is 8.29. The van der Waals surface area contributed by atoms with Crippen LogP contribution in [0.15, 0.2) is 30.3 Å². The fourth-order valence-electron chi connectivity index (χ4n) is 1.90. The Morgan fingerprint density at radius 1 is 1.14 bits per heavy atom. The first-order valence-corrected chi connectivity index (χ1v) is 8.27. The quantitative estimate of drug-likeness (QED) is 0.715. The fraction of sp³-hybridized carbons (Fsp3) is 0.375. The third-order valence-corrected chi connectivity index (χ3v) is 3.94. The smallest absolute Gasteiger partial charge is 0.157 e. The summed E-state index contributed by atoms with van der Waals surface area (Å²) < 4.78 is 6.50. The number of hydrogen-bond donors (Lipinski definition) is 1. The van der Waals surface area contributed by atoms with Crippen molar-refractivity contribution >= 4 is 28.4 Å². The molecule has 0 saturated carbocycles. The molecule has 1 aromatic carbocycles. The molecule has 112 valence electrons. The first-order valence-electron chi connectivity index (χ1n) is 7.19. The van der Waals surface area contributed by atoms with Crippen LogP contribution in [0, 0.1) is 3.57 Å². The maximum Gasteiger partial charge on any atom is 0.157 e. The van der Waals surface area contributed by atoms with Gasteiger partial charge in [0.05, 0.1) is 9.26 Å². The number of benzene rings is 1. The summed E-state index contributed by atoms with van der Waals surface area (Å²) in [6.07, 6.45) is 1.06. The van der Waals surface area contributed by atoms with Crippen LogP contribution in [0.3, 0.4) is 0 Å². The molecule has 0 spiro atoms. The Bertz CT molecular complexity index is 575. The van der Waals surface area contributed by atoms with E-state index in [9.17, 15) is 0 Å². The number of rotatable bonds is 7. The van der Waals surface area contributed by atoms with Gasteiger partial charge < -0.3 is 10.1 Å². The number of ether oxygens (including phenoxy) is 1. The maximum absolute atomic E-state index is 5.45. The normalized spacial score (nSPS) is 10.6.